The van der Waals surface area contributed by atoms with E-state index < -0.39 is 31.3 Å². The highest BCUT2D eigenvalue weighted by Gasteiger charge is 2.48. The van der Waals surface area contributed by atoms with E-state index >= 15 is 0 Å². The summed E-state index contributed by atoms with van der Waals surface area (Å²) in [5, 5.41) is 25.8. The summed E-state index contributed by atoms with van der Waals surface area (Å²) < 4.78 is 17.0. The molecule has 1 saturated heterocycles. The first kappa shape index (κ1) is 7.87. The SMILES string of the molecule is OC[C@@H]1OC[C@](O)(F)[C@H]1O. The Morgan fingerprint density at radius 3 is 2.50 bits per heavy atom. The molecule has 1 aliphatic rings. The molecule has 4 nitrogen and oxygen atoms in total. The quantitative estimate of drug-likeness (QED) is 0.423. The largest absolute Gasteiger partial charge is 0.394 e. The molecule has 5 heteroatoms. The summed E-state index contributed by atoms with van der Waals surface area (Å²) >= 11 is 0. The number of hydrogen-bond acceptors (Lipinski definition) is 4. The summed E-state index contributed by atoms with van der Waals surface area (Å²) in [4.78, 5) is 0. The molecule has 1 rings (SSSR count). The molecule has 0 aromatic rings. The van der Waals surface area contributed by atoms with Crippen LogP contribution in [-0.2, 0) is 4.74 Å². The average molecular weight is 152 g/mol. The highest BCUT2D eigenvalue weighted by atomic mass is 19.2. The van der Waals surface area contributed by atoms with Crippen molar-refractivity contribution in [3.05, 3.63) is 0 Å². The van der Waals surface area contributed by atoms with Crippen molar-refractivity contribution in [2.24, 2.45) is 0 Å². The van der Waals surface area contributed by atoms with Crippen LogP contribution in [-0.4, -0.2) is 46.6 Å². The zero-order chi connectivity index (χ0) is 7.78. The topological polar surface area (TPSA) is 69.9 Å². The van der Waals surface area contributed by atoms with Crippen molar-refractivity contribution < 1.29 is 24.4 Å². The summed E-state index contributed by atoms with van der Waals surface area (Å²) in [6.45, 7) is -1.08. The summed E-state index contributed by atoms with van der Waals surface area (Å²) in [5.41, 5.74) is 0. The smallest absolute Gasteiger partial charge is 0.259 e. The maximum atomic E-state index is 12.5. The van der Waals surface area contributed by atoms with E-state index in [2.05, 4.69) is 4.74 Å². The van der Waals surface area contributed by atoms with E-state index in [4.69, 9.17) is 15.3 Å². The second kappa shape index (κ2) is 2.43. The van der Waals surface area contributed by atoms with Crippen molar-refractivity contribution in [1.29, 1.82) is 0 Å². The van der Waals surface area contributed by atoms with E-state index in [0.717, 1.165) is 0 Å². The minimum atomic E-state index is -2.70. The van der Waals surface area contributed by atoms with Gasteiger partial charge in [0.2, 0.25) is 0 Å². The van der Waals surface area contributed by atoms with Crippen LogP contribution < -0.4 is 0 Å². The number of ether oxygens (including phenoxy) is 1. The maximum absolute atomic E-state index is 12.5. The van der Waals surface area contributed by atoms with E-state index in [1.807, 2.05) is 0 Å². The highest BCUT2D eigenvalue weighted by molar-refractivity contribution is 4.88. The van der Waals surface area contributed by atoms with Crippen LogP contribution in [0.1, 0.15) is 0 Å². The predicted octanol–water partition coefficient (Wildman–Crippen LogP) is -1.60. The van der Waals surface area contributed by atoms with E-state index in [9.17, 15) is 4.39 Å². The van der Waals surface area contributed by atoms with Crippen LogP contribution in [0, 0.1) is 0 Å². The molecule has 0 radical (unpaired) electrons. The molecule has 0 aromatic heterocycles. The Bertz CT molecular complexity index is 127. The molecule has 0 spiro atoms. The lowest BCUT2D eigenvalue weighted by Crippen LogP contribution is -2.40. The molecule has 0 aromatic carbocycles. The molecule has 0 unspecified atom stereocenters. The Morgan fingerprint density at radius 1 is 1.70 bits per heavy atom. The molecule has 0 aliphatic carbocycles. The van der Waals surface area contributed by atoms with Gasteiger partial charge in [0.25, 0.3) is 5.85 Å². The van der Waals surface area contributed by atoms with Crippen molar-refractivity contribution in [1.82, 2.24) is 0 Å². The molecular formula is C5H9FO4. The predicted molar refractivity (Wildman–Crippen MR) is 28.9 cm³/mol. The van der Waals surface area contributed by atoms with Gasteiger partial charge in [-0.25, -0.2) is 4.39 Å². The molecule has 0 bridgehead atoms. The van der Waals surface area contributed by atoms with E-state index in [1.165, 1.54) is 0 Å². The molecule has 10 heavy (non-hydrogen) atoms. The summed E-state index contributed by atoms with van der Waals surface area (Å²) in [7, 11) is 0. The lowest BCUT2D eigenvalue weighted by molar-refractivity contribution is -0.147. The third-order valence-electron chi connectivity index (χ3n) is 1.49. The minimum Gasteiger partial charge on any atom is -0.394 e. The molecule has 1 heterocycles. The number of hydrogen-bond donors (Lipinski definition) is 3. The number of aliphatic hydroxyl groups is 3. The summed E-state index contributed by atoms with van der Waals surface area (Å²) in [6, 6.07) is 0. The Balaban J connectivity index is 2.58. The average Bonchev–Trinajstić information content (AvgIpc) is 2.10. The lowest BCUT2D eigenvalue weighted by Gasteiger charge is -2.15. The van der Waals surface area contributed by atoms with Crippen LogP contribution in [0.25, 0.3) is 0 Å². The third kappa shape index (κ3) is 1.13. The molecule has 1 fully saturated rings. The first-order chi connectivity index (χ1) is 4.58. The van der Waals surface area contributed by atoms with Gasteiger partial charge in [0, 0.05) is 0 Å². The van der Waals surface area contributed by atoms with Gasteiger partial charge in [-0.3, -0.25) is 0 Å². The van der Waals surface area contributed by atoms with Gasteiger partial charge in [0.05, 0.1) is 6.61 Å². The van der Waals surface area contributed by atoms with Gasteiger partial charge < -0.3 is 20.1 Å². The fourth-order valence-corrected chi connectivity index (χ4v) is 0.838. The zero-order valence-electron chi connectivity index (χ0n) is 5.20. The van der Waals surface area contributed by atoms with Crippen molar-refractivity contribution in [2.75, 3.05) is 13.2 Å². The van der Waals surface area contributed by atoms with Crippen LogP contribution in [0.15, 0.2) is 0 Å². The van der Waals surface area contributed by atoms with Crippen LogP contribution >= 0.6 is 0 Å². The second-order valence-corrected chi connectivity index (χ2v) is 2.30. The number of alkyl halides is 1. The normalized spacial score (nSPS) is 48.0. The van der Waals surface area contributed by atoms with Gasteiger partial charge in [-0.05, 0) is 0 Å². The van der Waals surface area contributed by atoms with Crippen molar-refractivity contribution in [2.45, 2.75) is 18.1 Å². The molecule has 1 aliphatic heterocycles. The van der Waals surface area contributed by atoms with Gasteiger partial charge in [-0.2, -0.15) is 0 Å². The zero-order valence-corrected chi connectivity index (χ0v) is 5.20. The van der Waals surface area contributed by atoms with Crippen LogP contribution in [0.2, 0.25) is 0 Å². The number of halogens is 1. The van der Waals surface area contributed by atoms with E-state index in [-0.39, 0.29) is 0 Å². The Morgan fingerprint density at radius 2 is 2.30 bits per heavy atom. The van der Waals surface area contributed by atoms with E-state index in [0.29, 0.717) is 0 Å². The molecule has 0 amide bonds. The number of rotatable bonds is 1. The van der Waals surface area contributed by atoms with Gasteiger partial charge in [-0.1, -0.05) is 0 Å². The maximum Gasteiger partial charge on any atom is 0.259 e. The van der Waals surface area contributed by atoms with Crippen molar-refractivity contribution in [3.8, 4) is 0 Å². The first-order valence-electron chi connectivity index (χ1n) is 2.90. The Kier molecular flexibility index (Phi) is 1.91. The Hall–Kier alpha value is -0.230. The lowest BCUT2D eigenvalue weighted by atomic mass is 10.1. The monoisotopic (exact) mass is 152 g/mol. The molecule has 3 atom stereocenters. The number of aliphatic hydroxyl groups excluding tert-OH is 2. The fraction of sp³-hybridized carbons (Fsp3) is 1.00. The molecule has 60 valence electrons. The van der Waals surface area contributed by atoms with Crippen LogP contribution in [0.5, 0.6) is 0 Å². The Labute approximate surface area is 56.9 Å². The second-order valence-electron chi connectivity index (χ2n) is 2.30. The molecule has 3 N–H and O–H groups in total. The van der Waals surface area contributed by atoms with Gasteiger partial charge in [-0.15, -0.1) is 0 Å². The molecular weight excluding hydrogens is 143 g/mol. The van der Waals surface area contributed by atoms with Gasteiger partial charge >= 0.3 is 0 Å². The summed E-state index contributed by atoms with van der Waals surface area (Å²) in [6.07, 6.45) is -2.65. The van der Waals surface area contributed by atoms with Crippen LogP contribution in [0.4, 0.5) is 4.39 Å². The highest BCUT2D eigenvalue weighted by Crippen LogP contribution is 2.25. The van der Waals surface area contributed by atoms with Crippen molar-refractivity contribution in [3.63, 3.8) is 0 Å². The third-order valence-corrected chi connectivity index (χ3v) is 1.49. The fourth-order valence-electron chi connectivity index (χ4n) is 0.838. The standard InChI is InChI=1S/C5H9FO4/c6-5(9)2-10-3(1-7)4(5)8/h3-4,7-9H,1-2H2/t3-,4-,5+/m0/s1. The minimum absolute atomic E-state index is 0.493. The first-order valence-corrected chi connectivity index (χ1v) is 2.90. The van der Waals surface area contributed by atoms with Crippen LogP contribution in [0.3, 0.4) is 0 Å². The van der Waals surface area contributed by atoms with Gasteiger partial charge in [0.1, 0.15) is 18.8 Å². The van der Waals surface area contributed by atoms with Gasteiger partial charge in [0.15, 0.2) is 0 Å². The van der Waals surface area contributed by atoms with Crippen molar-refractivity contribution >= 4 is 0 Å². The molecule has 0 saturated carbocycles. The van der Waals surface area contributed by atoms with E-state index in [1.54, 1.807) is 0 Å². The summed E-state index contributed by atoms with van der Waals surface area (Å²) in [5.74, 6) is -2.70.